The minimum absolute atomic E-state index is 0.0161. The zero-order chi connectivity index (χ0) is 12.4. The van der Waals surface area contributed by atoms with Crippen molar-refractivity contribution in [3.8, 4) is 0 Å². The third-order valence-electron chi connectivity index (χ3n) is 2.76. The maximum atomic E-state index is 12.1. The van der Waals surface area contributed by atoms with Crippen LogP contribution >= 0.6 is 11.6 Å². The van der Waals surface area contributed by atoms with Gasteiger partial charge in [-0.2, -0.15) is 5.10 Å². The molecule has 0 aromatic heterocycles. The van der Waals surface area contributed by atoms with Crippen LogP contribution in [-0.4, -0.2) is 23.3 Å². The van der Waals surface area contributed by atoms with Gasteiger partial charge in [0.05, 0.1) is 11.6 Å². The number of amides is 1. The molecule has 1 amide bonds. The van der Waals surface area contributed by atoms with Crippen molar-refractivity contribution in [2.75, 3.05) is 11.6 Å². The number of anilines is 1. The lowest BCUT2D eigenvalue weighted by Gasteiger charge is -2.13. The molecule has 1 aliphatic rings. The van der Waals surface area contributed by atoms with Gasteiger partial charge >= 0.3 is 0 Å². The SMILES string of the molecule is CC1=NN(c2ccc(Cl)cc2)C(=O)[C@@H]1CCO. The van der Waals surface area contributed by atoms with Gasteiger partial charge in [-0.1, -0.05) is 11.6 Å². The predicted molar refractivity (Wildman–Crippen MR) is 67.2 cm³/mol. The Balaban J connectivity index is 2.24. The molecule has 0 spiro atoms. The van der Waals surface area contributed by atoms with E-state index in [9.17, 15) is 4.79 Å². The van der Waals surface area contributed by atoms with Crippen LogP contribution in [0, 0.1) is 5.92 Å². The molecule has 4 nitrogen and oxygen atoms in total. The number of benzene rings is 1. The molecule has 0 bridgehead atoms. The highest BCUT2D eigenvalue weighted by Crippen LogP contribution is 2.26. The first-order chi connectivity index (χ1) is 8.13. The molecule has 2 rings (SSSR count). The van der Waals surface area contributed by atoms with Crippen LogP contribution < -0.4 is 5.01 Å². The largest absolute Gasteiger partial charge is 0.396 e. The van der Waals surface area contributed by atoms with Crippen LogP contribution in [0.25, 0.3) is 0 Å². The fourth-order valence-corrected chi connectivity index (χ4v) is 1.96. The van der Waals surface area contributed by atoms with Crippen LogP contribution in [-0.2, 0) is 4.79 Å². The average Bonchev–Trinajstić information content (AvgIpc) is 2.59. The van der Waals surface area contributed by atoms with E-state index < -0.39 is 0 Å². The van der Waals surface area contributed by atoms with E-state index in [2.05, 4.69) is 5.10 Å². The van der Waals surface area contributed by atoms with Gasteiger partial charge in [0.2, 0.25) is 0 Å². The molecule has 0 fully saturated rings. The smallest absolute Gasteiger partial charge is 0.256 e. The molecule has 0 radical (unpaired) electrons. The van der Waals surface area contributed by atoms with Crippen LogP contribution in [0.15, 0.2) is 29.4 Å². The van der Waals surface area contributed by atoms with Crippen LogP contribution in [0.1, 0.15) is 13.3 Å². The number of hydrazone groups is 1. The molecule has 1 aromatic carbocycles. The minimum atomic E-state index is -0.310. The third kappa shape index (κ3) is 2.33. The molecule has 0 unspecified atom stereocenters. The molecule has 1 heterocycles. The first-order valence-corrected chi connectivity index (χ1v) is 5.77. The maximum absolute atomic E-state index is 12.1. The van der Waals surface area contributed by atoms with Gasteiger partial charge < -0.3 is 5.11 Å². The van der Waals surface area contributed by atoms with E-state index in [0.717, 1.165) is 5.71 Å². The van der Waals surface area contributed by atoms with Crippen LogP contribution in [0.3, 0.4) is 0 Å². The monoisotopic (exact) mass is 252 g/mol. The van der Waals surface area contributed by atoms with E-state index >= 15 is 0 Å². The number of carbonyl (C=O) groups excluding carboxylic acids is 1. The zero-order valence-corrected chi connectivity index (χ0v) is 10.2. The minimum Gasteiger partial charge on any atom is -0.396 e. The molecule has 0 aliphatic carbocycles. The highest BCUT2D eigenvalue weighted by atomic mass is 35.5. The molecule has 1 aromatic rings. The normalized spacial score (nSPS) is 19.7. The Morgan fingerprint density at radius 1 is 1.41 bits per heavy atom. The Hall–Kier alpha value is -1.39. The number of nitrogens with zero attached hydrogens (tertiary/aromatic N) is 2. The molecular weight excluding hydrogens is 240 g/mol. The second kappa shape index (κ2) is 4.85. The summed E-state index contributed by atoms with van der Waals surface area (Å²) in [5.74, 6) is -0.408. The van der Waals surface area contributed by atoms with Crippen molar-refractivity contribution >= 4 is 28.9 Å². The first-order valence-electron chi connectivity index (χ1n) is 5.39. The molecule has 0 saturated carbocycles. The van der Waals surface area contributed by atoms with Gasteiger partial charge in [0, 0.05) is 17.3 Å². The Kier molecular flexibility index (Phi) is 3.45. The van der Waals surface area contributed by atoms with E-state index in [1.807, 2.05) is 0 Å². The van der Waals surface area contributed by atoms with Gasteiger partial charge in [0.25, 0.3) is 5.91 Å². The first kappa shape index (κ1) is 12.1. The van der Waals surface area contributed by atoms with Crippen molar-refractivity contribution in [2.24, 2.45) is 11.0 Å². The summed E-state index contributed by atoms with van der Waals surface area (Å²) in [6.07, 6.45) is 0.415. The predicted octanol–water partition coefficient (Wildman–Crippen LogP) is 2.06. The van der Waals surface area contributed by atoms with Crippen molar-refractivity contribution in [1.29, 1.82) is 0 Å². The molecule has 1 N–H and O–H groups in total. The number of carbonyl (C=O) groups is 1. The summed E-state index contributed by atoms with van der Waals surface area (Å²) >= 11 is 5.79. The Labute approximate surface area is 104 Å². The van der Waals surface area contributed by atoms with Gasteiger partial charge in [-0.15, -0.1) is 0 Å². The lowest BCUT2D eigenvalue weighted by molar-refractivity contribution is -0.120. The van der Waals surface area contributed by atoms with Gasteiger partial charge in [-0.05, 0) is 37.6 Å². The Morgan fingerprint density at radius 2 is 2.06 bits per heavy atom. The van der Waals surface area contributed by atoms with Gasteiger partial charge in [-0.25, -0.2) is 5.01 Å². The van der Waals surface area contributed by atoms with E-state index in [1.165, 1.54) is 5.01 Å². The topological polar surface area (TPSA) is 52.9 Å². The lowest BCUT2D eigenvalue weighted by atomic mass is 10.0. The van der Waals surface area contributed by atoms with Crippen molar-refractivity contribution in [1.82, 2.24) is 0 Å². The van der Waals surface area contributed by atoms with Gasteiger partial charge in [-0.3, -0.25) is 4.79 Å². The molecule has 5 heteroatoms. The molecule has 0 saturated heterocycles. The Bertz CT molecular complexity index is 456. The van der Waals surface area contributed by atoms with Gasteiger partial charge in [0.1, 0.15) is 0 Å². The number of hydrogen-bond donors (Lipinski definition) is 1. The number of halogens is 1. The lowest BCUT2D eigenvalue weighted by Crippen LogP contribution is -2.27. The van der Waals surface area contributed by atoms with Crippen LogP contribution in [0.2, 0.25) is 5.02 Å². The van der Waals surface area contributed by atoms with Crippen LogP contribution in [0.5, 0.6) is 0 Å². The van der Waals surface area contributed by atoms with Crippen molar-refractivity contribution in [3.05, 3.63) is 29.3 Å². The summed E-state index contributed by atoms with van der Waals surface area (Å²) in [5, 5.41) is 15.1. The number of aliphatic hydroxyl groups is 1. The molecule has 90 valence electrons. The summed E-state index contributed by atoms with van der Waals surface area (Å²) in [6.45, 7) is 1.78. The molecule has 1 aliphatic heterocycles. The van der Waals surface area contributed by atoms with E-state index in [0.29, 0.717) is 17.1 Å². The summed E-state index contributed by atoms with van der Waals surface area (Å²) < 4.78 is 0. The fourth-order valence-electron chi connectivity index (χ4n) is 1.83. The van der Waals surface area contributed by atoms with Crippen molar-refractivity contribution < 1.29 is 9.90 Å². The summed E-state index contributed by atoms with van der Waals surface area (Å²) in [7, 11) is 0. The highest BCUT2D eigenvalue weighted by molar-refractivity contribution is 6.30. The van der Waals surface area contributed by atoms with Crippen molar-refractivity contribution in [3.63, 3.8) is 0 Å². The second-order valence-corrected chi connectivity index (χ2v) is 4.37. The third-order valence-corrected chi connectivity index (χ3v) is 3.01. The summed E-state index contributed by atoms with van der Waals surface area (Å²) in [4.78, 5) is 12.1. The standard InChI is InChI=1S/C12H13ClN2O2/c1-8-11(6-7-16)12(17)15(14-8)10-4-2-9(13)3-5-10/h2-5,11,16H,6-7H2,1H3/t11-/m1/s1. The maximum Gasteiger partial charge on any atom is 0.256 e. The quantitative estimate of drug-likeness (QED) is 0.895. The molecule has 17 heavy (non-hydrogen) atoms. The van der Waals surface area contributed by atoms with Crippen molar-refractivity contribution in [2.45, 2.75) is 13.3 Å². The fraction of sp³-hybridized carbons (Fsp3) is 0.333. The number of rotatable bonds is 3. The second-order valence-electron chi connectivity index (χ2n) is 3.93. The van der Waals surface area contributed by atoms with Gasteiger partial charge in [0.15, 0.2) is 0 Å². The summed E-state index contributed by atoms with van der Waals surface area (Å²) in [6, 6.07) is 6.93. The highest BCUT2D eigenvalue weighted by Gasteiger charge is 2.33. The molecular formula is C12H13ClN2O2. The van der Waals surface area contributed by atoms with E-state index in [4.69, 9.17) is 16.7 Å². The summed E-state index contributed by atoms with van der Waals surface area (Å²) in [5.41, 5.74) is 1.43. The zero-order valence-electron chi connectivity index (χ0n) is 9.43. The Morgan fingerprint density at radius 3 is 2.65 bits per heavy atom. The number of aliphatic hydroxyl groups excluding tert-OH is 1. The average molecular weight is 253 g/mol. The van der Waals surface area contributed by atoms with E-state index in [-0.39, 0.29) is 18.4 Å². The molecule has 1 atom stereocenters. The van der Waals surface area contributed by atoms with E-state index in [1.54, 1.807) is 31.2 Å². The number of hydrogen-bond acceptors (Lipinski definition) is 3. The van der Waals surface area contributed by atoms with Crippen LogP contribution in [0.4, 0.5) is 5.69 Å².